The number of hydrogen-bond acceptors (Lipinski definition) is 3. The summed E-state index contributed by atoms with van der Waals surface area (Å²) >= 11 is 5.26. The Kier molecular flexibility index (Phi) is 4.29. The van der Waals surface area contributed by atoms with Crippen LogP contribution in [0.4, 0.5) is 4.39 Å². The minimum absolute atomic E-state index is 0.256. The van der Waals surface area contributed by atoms with Crippen molar-refractivity contribution in [3.63, 3.8) is 0 Å². The van der Waals surface area contributed by atoms with Crippen LogP contribution in [0.15, 0.2) is 54.6 Å². The largest absolute Gasteiger partial charge is 0.486 e. The van der Waals surface area contributed by atoms with Gasteiger partial charge in [0.15, 0.2) is 10.6 Å². The van der Waals surface area contributed by atoms with Gasteiger partial charge in [-0.2, -0.15) is 5.10 Å². The number of halogens is 1. The highest BCUT2D eigenvalue weighted by Gasteiger charge is 2.08. The molecule has 1 aromatic heterocycles. The Hall–Kier alpha value is -2.47. The molecule has 0 unspecified atom stereocenters. The first-order chi connectivity index (χ1) is 10.7. The summed E-state index contributed by atoms with van der Waals surface area (Å²) < 4.78 is 20.9. The molecule has 0 bridgehead atoms. The van der Waals surface area contributed by atoms with Gasteiger partial charge in [-0.15, -0.1) is 0 Å². The first-order valence-corrected chi connectivity index (χ1v) is 7.19. The minimum atomic E-state index is -0.292. The van der Waals surface area contributed by atoms with Gasteiger partial charge in [0, 0.05) is 0 Å². The topological polar surface area (TPSA) is 42.8 Å². The van der Waals surface area contributed by atoms with Crippen molar-refractivity contribution in [2.75, 3.05) is 0 Å². The predicted octanol–water partition coefficient (Wildman–Crippen LogP) is 3.71. The zero-order valence-corrected chi connectivity index (χ0v) is 12.5. The fourth-order valence-corrected chi connectivity index (χ4v) is 2.28. The van der Waals surface area contributed by atoms with Gasteiger partial charge in [-0.25, -0.2) is 4.39 Å². The standard InChI is InChI=1S/C16H14FN3OS/c17-13-6-8-14(9-7-13)21-11-15-18-19-16(22)20(15)10-12-4-2-1-3-5-12/h1-9H,10-11H2,(H,19,22). The van der Waals surface area contributed by atoms with E-state index >= 15 is 0 Å². The van der Waals surface area contributed by atoms with E-state index in [0.29, 0.717) is 22.9 Å². The second kappa shape index (κ2) is 6.53. The van der Waals surface area contributed by atoms with Crippen molar-refractivity contribution in [2.45, 2.75) is 13.2 Å². The quantitative estimate of drug-likeness (QED) is 0.730. The molecule has 0 radical (unpaired) electrons. The smallest absolute Gasteiger partial charge is 0.195 e. The molecule has 0 aliphatic heterocycles. The van der Waals surface area contributed by atoms with Crippen LogP contribution in [0.2, 0.25) is 0 Å². The summed E-state index contributed by atoms with van der Waals surface area (Å²) in [5.41, 5.74) is 1.13. The predicted molar refractivity (Wildman–Crippen MR) is 83.7 cm³/mol. The number of aromatic nitrogens is 3. The zero-order chi connectivity index (χ0) is 15.4. The molecule has 1 heterocycles. The third kappa shape index (κ3) is 3.40. The SMILES string of the molecule is Fc1ccc(OCc2n[nH]c(=S)n2Cc2ccccc2)cc1. The summed E-state index contributed by atoms with van der Waals surface area (Å²) in [7, 11) is 0. The summed E-state index contributed by atoms with van der Waals surface area (Å²) in [5.74, 6) is 0.985. The van der Waals surface area contributed by atoms with E-state index < -0.39 is 0 Å². The van der Waals surface area contributed by atoms with Crippen molar-refractivity contribution in [2.24, 2.45) is 0 Å². The van der Waals surface area contributed by atoms with Crippen molar-refractivity contribution < 1.29 is 9.13 Å². The maximum absolute atomic E-state index is 12.9. The van der Waals surface area contributed by atoms with Gasteiger partial charge >= 0.3 is 0 Å². The minimum Gasteiger partial charge on any atom is -0.486 e. The van der Waals surface area contributed by atoms with Crippen LogP contribution in [0.1, 0.15) is 11.4 Å². The first-order valence-electron chi connectivity index (χ1n) is 6.79. The third-order valence-corrected chi connectivity index (χ3v) is 3.51. The van der Waals surface area contributed by atoms with Gasteiger partial charge in [0.05, 0.1) is 6.54 Å². The molecule has 0 aliphatic rings. The summed E-state index contributed by atoms with van der Waals surface area (Å²) in [6.07, 6.45) is 0. The molecule has 3 rings (SSSR count). The maximum atomic E-state index is 12.9. The molecule has 3 aromatic rings. The molecule has 0 aliphatic carbocycles. The van der Waals surface area contributed by atoms with Crippen molar-refractivity contribution in [3.05, 3.63) is 76.6 Å². The van der Waals surface area contributed by atoms with Gasteiger partial charge in [-0.3, -0.25) is 9.67 Å². The summed E-state index contributed by atoms with van der Waals surface area (Å²) in [6.45, 7) is 0.879. The second-order valence-electron chi connectivity index (χ2n) is 4.76. The van der Waals surface area contributed by atoms with Gasteiger partial charge in [-0.1, -0.05) is 30.3 Å². The highest BCUT2D eigenvalue weighted by atomic mass is 32.1. The summed E-state index contributed by atoms with van der Waals surface area (Å²) in [5, 5.41) is 6.97. The molecular formula is C16H14FN3OS. The van der Waals surface area contributed by atoms with Crippen molar-refractivity contribution in [1.82, 2.24) is 14.8 Å². The summed E-state index contributed by atoms with van der Waals surface area (Å²) in [4.78, 5) is 0. The number of nitrogens with one attached hydrogen (secondary N) is 1. The monoisotopic (exact) mass is 315 g/mol. The van der Waals surface area contributed by atoms with E-state index in [2.05, 4.69) is 10.2 Å². The van der Waals surface area contributed by atoms with Crippen LogP contribution in [0, 0.1) is 10.6 Å². The number of hydrogen-bond donors (Lipinski definition) is 1. The van der Waals surface area contributed by atoms with E-state index in [9.17, 15) is 4.39 Å². The van der Waals surface area contributed by atoms with Crippen molar-refractivity contribution in [1.29, 1.82) is 0 Å². The average molecular weight is 315 g/mol. The number of ether oxygens (including phenoxy) is 1. The number of rotatable bonds is 5. The Balaban J connectivity index is 1.74. The normalized spacial score (nSPS) is 10.6. The van der Waals surface area contributed by atoms with E-state index in [-0.39, 0.29) is 12.4 Å². The molecule has 2 aromatic carbocycles. The van der Waals surface area contributed by atoms with E-state index in [1.165, 1.54) is 12.1 Å². The lowest BCUT2D eigenvalue weighted by Gasteiger charge is -2.08. The average Bonchev–Trinajstić information content (AvgIpc) is 2.88. The first kappa shape index (κ1) is 14.5. The van der Waals surface area contributed by atoms with E-state index in [1.807, 2.05) is 34.9 Å². The fraction of sp³-hybridized carbons (Fsp3) is 0.125. The van der Waals surface area contributed by atoms with Gasteiger partial charge in [0.1, 0.15) is 18.2 Å². The number of aromatic amines is 1. The molecule has 0 amide bonds. The molecule has 0 saturated heterocycles. The van der Waals surface area contributed by atoms with Crippen LogP contribution in [0.5, 0.6) is 5.75 Å². The highest BCUT2D eigenvalue weighted by Crippen LogP contribution is 2.13. The van der Waals surface area contributed by atoms with E-state index in [0.717, 1.165) is 5.56 Å². The third-order valence-electron chi connectivity index (χ3n) is 3.20. The van der Waals surface area contributed by atoms with Crippen LogP contribution in [0.3, 0.4) is 0 Å². The molecule has 6 heteroatoms. The zero-order valence-electron chi connectivity index (χ0n) is 11.7. The molecule has 0 saturated carbocycles. The number of nitrogens with zero attached hydrogens (tertiary/aromatic N) is 2. The lowest BCUT2D eigenvalue weighted by Crippen LogP contribution is -2.08. The Morgan fingerprint density at radius 3 is 2.55 bits per heavy atom. The van der Waals surface area contributed by atoms with Gasteiger partial charge in [0.25, 0.3) is 0 Å². The molecule has 0 spiro atoms. The Labute approximate surface area is 132 Å². The number of H-pyrrole nitrogens is 1. The maximum Gasteiger partial charge on any atom is 0.195 e. The molecular weight excluding hydrogens is 301 g/mol. The second-order valence-corrected chi connectivity index (χ2v) is 5.15. The van der Waals surface area contributed by atoms with Crippen LogP contribution < -0.4 is 4.74 Å². The van der Waals surface area contributed by atoms with Gasteiger partial charge in [0.2, 0.25) is 0 Å². The van der Waals surface area contributed by atoms with E-state index in [4.69, 9.17) is 17.0 Å². The molecule has 0 atom stereocenters. The Morgan fingerprint density at radius 1 is 1.09 bits per heavy atom. The van der Waals surface area contributed by atoms with Crippen molar-refractivity contribution in [3.8, 4) is 5.75 Å². The van der Waals surface area contributed by atoms with Crippen LogP contribution in [-0.4, -0.2) is 14.8 Å². The Morgan fingerprint density at radius 2 is 1.82 bits per heavy atom. The lowest BCUT2D eigenvalue weighted by molar-refractivity contribution is 0.289. The lowest BCUT2D eigenvalue weighted by atomic mass is 10.2. The van der Waals surface area contributed by atoms with E-state index in [1.54, 1.807) is 12.1 Å². The van der Waals surface area contributed by atoms with Crippen LogP contribution >= 0.6 is 12.2 Å². The van der Waals surface area contributed by atoms with Gasteiger partial charge in [-0.05, 0) is 42.0 Å². The highest BCUT2D eigenvalue weighted by molar-refractivity contribution is 7.71. The molecule has 112 valence electrons. The van der Waals surface area contributed by atoms with Crippen LogP contribution in [-0.2, 0) is 13.2 Å². The number of benzene rings is 2. The molecule has 4 nitrogen and oxygen atoms in total. The fourth-order valence-electron chi connectivity index (χ4n) is 2.07. The Bertz CT molecular complexity index is 796. The van der Waals surface area contributed by atoms with Gasteiger partial charge < -0.3 is 4.74 Å². The van der Waals surface area contributed by atoms with Crippen LogP contribution in [0.25, 0.3) is 0 Å². The molecule has 22 heavy (non-hydrogen) atoms. The molecule has 1 N–H and O–H groups in total. The molecule has 0 fully saturated rings. The van der Waals surface area contributed by atoms with Crippen molar-refractivity contribution >= 4 is 12.2 Å². The summed E-state index contributed by atoms with van der Waals surface area (Å²) in [6, 6.07) is 15.9.